The molecule has 1 fully saturated rings. The van der Waals surface area contributed by atoms with Crippen LogP contribution in [0.1, 0.15) is 19.2 Å². The number of hydrogen-bond acceptors (Lipinski definition) is 7. The Balaban J connectivity index is 1.52. The fourth-order valence-corrected chi connectivity index (χ4v) is 4.27. The molecule has 2 heterocycles. The van der Waals surface area contributed by atoms with Crippen LogP contribution in [0.2, 0.25) is 0 Å². The summed E-state index contributed by atoms with van der Waals surface area (Å²) in [5.41, 5.74) is 1.26. The van der Waals surface area contributed by atoms with Gasteiger partial charge in [0.1, 0.15) is 5.52 Å². The molecule has 138 valence electrons. The van der Waals surface area contributed by atoms with Gasteiger partial charge in [-0.1, -0.05) is 12.1 Å². The first-order valence-corrected chi connectivity index (χ1v) is 9.89. The molecule has 26 heavy (non-hydrogen) atoms. The zero-order valence-electron chi connectivity index (χ0n) is 14.0. The number of fused-ring (bicyclic) bond motifs is 1. The summed E-state index contributed by atoms with van der Waals surface area (Å²) in [6, 6.07) is 6.73. The Morgan fingerprint density at radius 1 is 1.38 bits per heavy atom. The Morgan fingerprint density at radius 3 is 2.85 bits per heavy atom. The number of ether oxygens (including phenoxy) is 1. The minimum absolute atomic E-state index is 0.0549. The highest BCUT2D eigenvalue weighted by molar-refractivity contribution is 7.91. The second-order valence-electron chi connectivity index (χ2n) is 6.04. The van der Waals surface area contributed by atoms with E-state index in [1.54, 1.807) is 12.1 Å². The first kappa shape index (κ1) is 18.1. The van der Waals surface area contributed by atoms with Gasteiger partial charge in [-0.25, -0.2) is 18.2 Å². The Kier molecular flexibility index (Phi) is 5.08. The fraction of sp³-hybridized carbons (Fsp3) is 0.353. The van der Waals surface area contributed by atoms with Crippen molar-refractivity contribution in [3.05, 3.63) is 36.2 Å². The fourth-order valence-electron chi connectivity index (χ4n) is 2.60. The van der Waals surface area contributed by atoms with Gasteiger partial charge in [-0.3, -0.25) is 4.79 Å². The molecule has 1 N–H and O–H groups in total. The predicted molar refractivity (Wildman–Crippen MR) is 93.8 cm³/mol. The van der Waals surface area contributed by atoms with E-state index < -0.39 is 33.9 Å². The van der Waals surface area contributed by atoms with Crippen LogP contribution in [0.4, 0.5) is 0 Å². The van der Waals surface area contributed by atoms with Gasteiger partial charge in [-0.2, -0.15) is 0 Å². The molecular weight excluding hydrogens is 360 g/mol. The van der Waals surface area contributed by atoms with Gasteiger partial charge in [0.2, 0.25) is 5.89 Å². The van der Waals surface area contributed by atoms with Crippen molar-refractivity contribution in [1.82, 2.24) is 10.3 Å². The molecule has 0 unspecified atom stereocenters. The topological polar surface area (TPSA) is 116 Å². The smallest absolute Gasteiger partial charge is 0.331 e. The number of rotatable bonds is 5. The number of carbonyl (C=O) groups is 2. The molecule has 1 aliphatic heterocycles. The lowest BCUT2D eigenvalue weighted by Gasteiger charge is -2.15. The van der Waals surface area contributed by atoms with Gasteiger partial charge in [0.25, 0.3) is 5.91 Å². The van der Waals surface area contributed by atoms with E-state index in [1.165, 1.54) is 13.0 Å². The lowest BCUT2D eigenvalue weighted by Crippen LogP contribution is -2.42. The number of nitrogens with one attached hydrogen (secondary N) is 1. The normalized spacial score (nSPS) is 20.3. The van der Waals surface area contributed by atoms with Crippen LogP contribution in [-0.2, 0) is 24.2 Å². The van der Waals surface area contributed by atoms with Crippen LogP contribution in [0.3, 0.4) is 0 Å². The van der Waals surface area contributed by atoms with Crippen molar-refractivity contribution >= 4 is 38.9 Å². The monoisotopic (exact) mass is 378 g/mol. The molecule has 9 heteroatoms. The summed E-state index contributed by atoms with van der Waals surface area (Å²) < 4.78 is 33.2. The third kappa shape index (κ3) is 4.48. The SMILES string of the molecule is C[C@@H](OC(=O)/C=C/c1nc2ccccc2o1)C(=O)N[C@H]1CCS(=O)(=O)C1. The van der Waals surface area contributed by atoms with Gasteiger partial charge >= 0.3 is 5.97 Å². The van der Waals surface area contributed by atoms with E-state index in [-0.39, 0.29) is 17.4 Å². The van der Waals surface area contributed by atoms with E-state index in [9.17, 15) is 18.0 Å². The Morgan fingerprint density at radius 2 is 2.15 bits per heavy atom. The Bertz CT molecular complexity index is 930. The number of amides is 1. The van der Waals surface area contributed by atoms with Gasteiger partial charge in [-0.15, -0.1) is 0 Å². The van der Waals surface area contributed by atoms with Gasteiger partial charge in [0, 0.05) is 18.2 Å². The number of nitrogens with zero attached hydrogens (tertiary/aromatic N) is 1. The average molecular weight is 378 g/mol. The van der Waals surface area contributed by atoms with Crippen molar-refractivity contribution in [3.63, 3.8) is 0 Å². The van der Waals surface area contributed by atoms with Crippen LogP contribution in [0.25, 0.3) is 17.2 Å². The quantitative estimate of drug-likeness (QED) is 0.611. The molecular formula is C17H18N2O6S. The minimum atomic E-state index is -3.09. The molecule has 1 aromatic heterocycles. The number of aromatic nitrogens is 1. The number of oxazole rings is 1. The summed E-state index contributed by atoms with van der Waals surface area (Å²) in [7, 11) is -3.09. The van der Waals surface area contributed by atoms with E-state index in [1.807, 2.05) is 12.1 Å². The van der Waals surface area contributed by atoms with Crippen molar-refractivity contribution < 1.29 is 27.2 Å². The average Bonchev–Trinajstić information content (AvgIpc) is 3.15. The maximum Gasteiger partial charge on any atom is 0.331 e. The molecule has 0 saturated carbocycles. The standard InChI is InChI=1S/C17H18N2O6S/c1-11(17(21)18-12-8-9-26(22,23)10-12)24-16(20)7-6-15-19-13-4-2-3-5-14(13)25-15/h2-7,11-12H,8-10H2,1H3,(H,18,21)/b7-6+/t11-,12+/m1/s1. The molecule has 0 aliphatic carbocycles. The Labute approximate surface area is 150 Å². The van der Waals surface area contributed by atoms with E-state index in [0.717, 1.165) is 6.08 Å². The summed E-state index contributed by atoms with van der Waals surface area (Å²) in [5, 5.41) is 2.58. The van der Waals surface area contributed by atoms with Crippen molar-refractivity contribution in [3.8, 4) is 0 Å². The number of para-hydroxylation sites is 2. The molecule has 0 bridgehead atoms. The maximum atomic E-state index is 12.0. The van der Waals surface area contributed by atoms with Gasteiger partial charge in [0.05, 0.1) is 11.5 Å². The predicted octanol–water partition coefficient (Wildman–Crippen LogP) is 1.08. The highest BCUT2D eigenvalue weighted by Gasteiger charge is 2.30. The zero-order valence-corrected chi connectivity index (χ0v) is 14.9. The highest BCUT2D eigenvalue weighted by Crippen LogP contribution is 2.15. The molecule has 2 aromatic rings. The summed E-state index contributed by atoms with van der Waals surface area (Å²) in [4.78, 5) is 28.0. The van der Waals surface area contributed by atoms with Crippen LogP contribution < -0.4 is 5.32 Å². The second kappa shape index (κ2) is 7.28. The van der Waals surface area contributed by atoms with Gasteiger partial charge < -0.3 is 14.5 Å². The summed E-state index contributed by atoms with van der Waals surface area (Å²) >= 11 is 0. The van der Waals surface area contributed by atoms with Crippen molar-refractivity contribution in [2.75, 3.05) is 11.5 Å². The van der Waals surface area contributed by atoms with Crippen LogP contribution in [0.15, 0.2) is 34.8 Å². The van der Waals surface area contributed by atoms with Crippen molar-refractivity contribution in [2.45, 2.75) is 25.5 Å². The van der Waals surface area contributed by atoms with E-state index in [4.69, 9.17) is 9.15 Å². The number of sulfone groups is 1. The summed E-state index contributed by atoms with van der Waals surface area (Å²) in [5.74, 6) is -1.04. The molecule has 8 nitrogen and oxygen atoms in total. The second-order valence-corrected chi connectivity index (χ2v) is 8.27. The molecule has 1 saturated heterocycles. The highest BCUT2D eigenvalue weighted by atomic mass is 32.2. The molecule has 1 aliphatic rings. The van der Waals surface area contributed by atoms with Gasteiger partial charge in [0.15, 0.2) is 21.5 Å². The summed E-state index contributed by atoms with van der Waals surface area (Å²) in [6.07, 6.45) is 1.80. The van der Waals surface area contributed by atoms with Crippen LogP contribution in [0, 0.1) is 0 Å². The van der Waals surface area contributed by atoms with E-state index in [0.29, 0.717) is 17.5 Å². The number of carbonyl (C=O) groups excluding carboxylic acids is 2. The molecule has 2 atom stereocenters. The number of esters is 1. The minimum Gasteiger partial charge on any atom is -0.449 e. The zero-order chi connectivity index (χ0) is 18.7. The third-order valence-corrected chi connectivity index (χ3v) is 5.68. The van der Waals surface area contributed by atoms with Crippen LogP contribution in [0.5, 0.6) is 0 Å². The lowest BCUT2D eigenvalue weighted by molar-refractivity contribution is -0.150. The van der Waals surface area contributed by atoms with Crippen LogP contribution in [-0.4, -0.2) is 48.9 Å². The van der Waals surface area contributed by atoms with Crippen molar-refractivity contribution in [1.29, 1.82) is 0 Å². The molecule has 0 spiro atoms. The van der Waals surface area contributed by atoms with E-state index in [2.05, 4.69) is 10.3 Å². The maximum absolute atomic E-state index is 12.0. The first-order valence-electron chi connectivity index (χ1n) is 8.07. The first-order chi connectivity index (χ1) is 12.3. The van der Waals surface area contributed by atoms with Crippen LogP contribution >= 0.6 is 0 Å². The summed E-state index contributed by atoms with van der Waals surface area (Å²) in [6.45, 7) is 1.42. The lowest BCUT2D eigenvalue weighted by atomic mass is 10.2. The molecule has 3 rings (SSSR count). The van der Waals surface area contributed by atoms with Gasteiger partial charge in [-0.05, 0) is 25.5 Å². The van der Waals surface area contributed by atoms with Crippen molar-refractivity contribution in [2.24, 2.45) is 0 Å². The third-order valence-electron chi connectivity index (χ3n) is 3.91. The van der Waals surface area contributed by atoms with E-state index >= 15 is 0 Å². The number of hydrogen-bond donors (Lipinski definition) is 1. The molecule has 1 amide bonds. The molecule has 0 radical (unpaired) electrons. The number of benzene rings is 1. The largest absolute Gasteiger partial charge is 0.449 e. The Hall–Kier alpha value is -2.68. The molecule has 1 aromatic carbocycles.